The number of carbonyl (C=O) groups excluding carboxylic acids is 1. The summed E-state index contributed by atoms with van der Waals surface area (Å²) in [7, 11) is -3.59. The molecule has 0 saturated carbocycles. The van der Waals surface area contributed by atoms with Crippen LogP contribution in [-0.2, 0) is 10.0 Å². The lowest BCUT2D eigenvalue weighted by atomic mass is 10.1. The summed E-state index contributed by atoms with van der Waals surface area (Å²) < 4.78 is 27.9. The summed E-state index contributed by atoms with van der Waals surface area (Å²) >= 11 is 0. The number of likely N-dealkylation sites (N-methyl/N-ethyl adjacent to an activating group) is 1. The van der Waals surface area contributed by atoms with Crippen molar-refractivity contribution in [1.29, 1.82) is 0 Å². The maximum absolute atomic E-state index is 13.4. The molecule has 1 aromatic carbocycles. The Hall–Kier alpha value is -1.86. The van der Waals surface area contributed by atoms with Crippen LogP contribution in [0.5, 0.6) is 0 Å². The maximum Gasteiger partial charge on any atom is 0.256 e. The standard InChI is InChI=1S/C22H33N3O3S/c1-4-23(17-18(2)3)22(26)20-16-19(10-11-21(20)24-12-8-9-13-24)29(27,28)25-14-6-5-7-15-25/h10-11,16H,2,4-9,12-15,17H2,1,3H3. The summed E-state index contributed by atoms with van der Waals surface area (Å²) in [5, 5.41) is 0. The molecule has 0 aromatic heterocycles. The summed E-state index contributed by atoms with van der Waals surface area (Å²) in [6.45, 7) is 11.7. The van der Waals surface area contributed by atoms with E-state index in [0.29, 0.717) is 31.7 Å². The van der Waals surface area contributed by atoms with Gasteiger partial charge in [0.15, 0.2) is 0 Å². The number of hydrogen-bond acceptors (Lipinski definition) is 4. The molecular weight excluding hydrogens is 386 g/mol. The van der Waals surface area contributed by atoms with Crippen molar-refractivity contribution in [3.63, 3.8) is 0 Å². The Morgan fingerprint density at radius 3 is 2.28 bits per heavy atom. The van der Waals surface area contributed by atoms with E-state index in [-0.39, 0.29) is 10.8 Å². The first kappa shape index (κ1) is 21.8. The van der Waals surface area contributed by atoms with Crippen LogP contribution in [-0.4, -0.2) is 62.8 Å². The van der Waals surface area contributed by atoms with Crippen LogP contribution in [0, 0.1) is 0 Å². The molecule has 1 aromatic rings. The van der Waals surface area contributed by atoms with Gasteiger partial charge < -0.3 is 9.80 Å². The zero-order valence-electron chi connectivity index (χ0n) is 17.7. The normalized spacial score (nSPS) is 18.1. The lowest BCUT2D eigenvalue weighted by Crippen LogP contribution is -2.36. The minimum atomic E-state index is -3.59. The summed E-state index contributed by atoms with van der Waals surface area (Å²) in [4.78, 5) is 17.5. The second kappa shape index (κ2) is 9.30. The van der Waals surface area contributed by atoms with Gasteiger partial charge in [0.05, 0.1) is 10.5 Å². The van der Waals surface area contributed by atoms with Gasteiger partial charge in [-0.15, -0.1) is 0 Å². The van der Waals surface area contributed by atoms with Gasteiger partial charge in [-0.05, 0) is 57.7 Å². The van der Waals surface area contributed by atoms with Crippen molar-refractivity contribution in [1.82, 2.24) is 9.21 Å². The predicted octanol–water partition coefficient (Wildman–Crippen LogP) is 3.50. The molecule has 29 heavy (non-hydrogen) atoms. The highest BCUT2D eigenvalue weighted by Crippen LogP contribution is 2.30. The van der Waals surface area contributed by atoms with Crippen LogP contribution >= 0.6 is 0 Å². The number of carbonyl (C=O) groups is 1. The van der Waals surface area contributed by atoms with E-state index in [9.17, 15) is 13.2 Å². The highest BCUT2D eigenvalue weighted by molar-refractivity contribution is 7.89. The second-order valence-corrected chi connectivity index (χ2v) is 10.1. The fourth-order valence-electron chi connectivity index (χ4n) is 4.16. The Morgan fingerprint density at radius 2 is 1.69 bits per heavy atom. The number of anilines is 1. The molecule has 6 nitrogen and oxygen atoms in total. The molecule has 0 atom stereocenters. The van der Waals surface area contributed by atoms with E-state index in [0.717, 1.165) is 56.5 Å². The van der Waals surface area contributed by atoms with Gasteiger partial charge in [-0.1, -0.05) is 18.6 Å². The largest absolute Gasteiger partial charge is 0.371 e. The number of sulfonamides is 1. The molecule has 2 aliphatic heterocycles. The molecule has 3 rings (SSSR count). The summed E-state index contributed by atoms with van der Waals surface area (Å²) in [6, 6.07) is 5.09. The third-order valence-electron chi connectivity index (χ3n) is 5.73. The molecule has 2 heterocycles. The van der Waals surface area contributed by atoms with E-state index in [2.05, 4.69) is 11.5 Å². The fraction of sp³-hybridized carbons (Fsp3) is 0.591. The molecule has 0 unspecified atom stereocenters. The second-order valence-electron chi connectivity index (χ2n) is 8.11. The number of benzene rings is 1. The van der Waals surface area contributed by atoms with Crippen molar-refractivity contribution in [3.05, 3.63) is 35.9 Å². The Labute approximate surface area is 175 Å². The number of nitrogens with zero attached hydrogens (tertiary/aromatic N) is 3. The minimum Gasteiger partial charge on any atom is -0.371 e. The van der Waals surface area contributed by atoms with Crippen LogP contribution in [0.4, 0.5) is 5.69 Å². The van der Waals surface area contributed by atoms with Gasteiger partial charge in [0.25, 0.3) is 5.91 Å². The number of hydrogen-bond donors (Lipinski definition) is 0. The number of rotatable bonds is 7. The molecule has 2 saturated heterocycles. The third kappa shape index (κ3) is 4.83. The first-order valence-electron chi connectivity index (χ1n) is 10.7. The Kier molecular flexibility index (Phi) is 7.01. The molecule has 0 bridgehead atoms. The molecule has 0 N–H and O–H groups in total. The van der Waals surface area contributed by atoms with Gasteiger partial charge >= 0.3 is 0 Å². The number of amides is 1. The molecule has 2 aliphatic rings. The lowest BCUT2D eigenvalue weighted by molar-refractivity contribution is 0.0778. The molecule has 0 spiro atoms. The molecule has 0 radical (unpaired) electrons. The van der Waals surface area contributed by atoms with Crippen LogP contribution in [0.3, 0.4) is 0 Å². The van der Waals surface area contributed by atoms with Gasteiger partial charge in [-0.2, -0.15) is 4.31 Å². The van der Waals surface area contributed by atoms with Gasteiger partial charge in [0.1, 0.15) is 0 Å². The molecule has 160 valence electrons. The van der Waals surface area contributed by atoms with Crippen molar-refractivity contribution in [2.45, 2.75) is 50.8 Å². The smallest absolute Gasteiger partial charge is 0.256 e. The Morgan fingerprint density at radius 1 is 1.07 bits per heavy atom. The van der Waals surface area contributed by atoms with Crippen LogP contribution in [0.1, 0.15) is 56.3 Å². The quantitative estimate of drug-likeness (QED) is 0.635. The van der Waals surface area contributed by atoms with Crippen LogP contribution in [0.25, 0.3) is 0 Å². The number of piperidine rings is 1. The molecule has 1 amide bonds. The summed E-state index contributed by atoms with van der Waals surface area (Å²) in [6.07, 6.45) is 5.02. The topological polar surface area (TPSA) is 60.9 Å². The average Bonchev–Trinajstić information content (AvgIpc) is 3.26. The van der Waals surface area contributed by atoms with Crippen molar-refractivity contribution in [2.24, 2.45) is 0 Å². The van der Waals surface area contributed by atoms with Crippen molar-refractivity contribution in [3.8, 4) is 0 Å². The van der Waals surface area contributed by atoms with Crippen LogP contribution < -0.4 is 4.90 Å². The van der Waals surface area contributed by atoms with E-state index in [4.69, 9.17) is 0 Å². The maximum atomic E-state index is 13.4. The SMILES string of the molecule is C=C(C)CN(CC)C(=O)c1cc(S(=O)(=O)N2CCCCC2)ccc1N1CCCC1. The van der Waals surface area contributed by atoms with Crippen molar-refractivity contribution in [2.75, 3.05) is 44.2 Å². The highest BCUT2D eigenvalue weighted by atomic mass is 32.2. The van der Waals surface area contributed by atoms with Crippen molar-refractivity contribution < 1.29 is 13.2 Å². The van der Waals surface area contributed by atoms with E-state index in [1.807, 2.05) is 19.9 Å². The summed E-state index contributed by atoms with van der Waals surface area (Å²) in [5.41, 5.74) is 2.22. The predicted molar refractivity (Wildman–Crippen MR) is 117 cm³/mol. The highest BCUT2D eigenvalue weighted by Gasteiger charge is 2.29. The van der Waals surface area contributed by atoms with E-state index >= 15 is 0 Å². The Balaban J connectivity index is 2.01. The van der Waals surface area contributed by atoms with Crippen molar-refractivity contribution >= 4 is 21.6 Å². The molecule has 7 heteroatoms. The third-order valence-corrected chi connectivity index (χ3v) is 7.62. The van der Waals surface area contributed by atoms with E-state index in [1.54, 1.807) is 21.3 Å². The van der Waals surface area contributed by atoms with Gasteiger partial charge in [-0.3, -0.25) is 4.79 Å². The first-order valence-corrected chi connectivity index (χ1v) is 12.1. The minimum absolute atomic E-state index is 0.131. The zero-order chi connectivity index (χ0) is 21.0. The molecule has 0 aliphatic carbocycles. The molecular formula is C22H33N3O3S. The van der Waals surface area contributed by atoms with Crippen LogP contribution in [0.15, 0.2) is 35.2 Å². The summed E-state index contributed by atoms with van der Waals surface area (Å²) in [5.74, 6) is -0.131. The zero-order valence-corrected chi connectivity index (χ0v) is 18.5. The first-order chi connectivity index (χ1) is 13.8. The average molecular weight is 420 g/mol. The Bertz CT molecular complexity index is 854. The monoisotopic (exact) mass is 419 g/mol. The van der Waals surface area contributed by atoms with Gasteiger partial charge in [0.2, 0.25) is 10.0 Å². The fourth-order valence-corrected chi connectivity index (χ4v) is 5.70. The van der Waals surface area contributed by atoms with Gasteiger partial charge in [0, 0.05) is 45.0 Å². The van der Waals surface area contributed by atoms with Gasteiger partial charge in [-0.25, -0.2) is 8.42 Å². The molecule has 2 fully saturated rings. The van der Waals surface area contributed by atoms with E-state index in [1.165, 1.54) is 0 Å². The van der Waals surface area contributed by atoms with E-state index < -0.39 is 10.0 Å². The van der Waals surface area contributed by atoms with Crippen LogP contribution in [0.2, 0.25) is 0 Å². The lowest BCUT2D eigenvalue weighted by Gasteiger charge is -2.28.